The summed E-state index contributed by atoms with van der Waals surface area (Å²) in [5.41, 5.74) is -1.13. The average Bonchev–Trinajstić information content (AvgIpc) is 3.04. The summed E-state index contributed by atoms with van der Waals surface area (Å²) in [4.78, 5) is 30.0. The maximum Gasteiger partial charge on any atom is 0.319 e. The van der Waals surface area contributed by atoms with Crippen molar-refractivity contribution in [2.75, 3.05) is 13.6 Å². The molecule has 6 heteroatoms. The zero-order chi connectivity index (χ0) is 13.3. The number of aryl methyl sites for hydroxylation is 1. The van der Waals surface area contributed by atoms with Crippen molar-refractivity contribution in [1.82, 2.24) is 9.88 Å². The third-order valence-electron chi connectivity index (χ3n) is 3.25. The average molecular weight is 268 g/mol. The third-order valence-corrected chi connectivity index (χ3v) is 4.22. The lowest BCUT2D eigenvalue weighted by molar-refractivity contribution is -0.152. The molecule has 1 aliphatic rings. The molecule has 0 aliphatic heterocycles. The van der Waals surface area contributed by atoms with Gasteiger partial charge in [-0.15, -0.1) is 11.3 Å². The fourth-order valence-electron chi connectivity index (χ4n) is 1.89. The van der Waals surface area contributed by atoms with Crippen molar-refractivity contribution in [2.45, 2.75) is 26.2 Å². The van der Waals surface area contributed by atoms with Crippen molar-refractivity contribution >= 4 is 23.2 Å². The number of nitrogens with zero attached hydrogens (tertiary/aromatic N) is 2. The van der Waals surface area contributed by atoms with Crippen LogP contribution in [0.1, 0.15) is 22.7 Å². The fourth-order valence-corrected chi connectivity index (χ4v) is 2.67. The first kappa shape index (κ1) is 13.0. The Morgan fingerprint density at radius 3 is 2.67 bits per heavy atom. The number of aromatic nitrogens is 1. The van der Waals surface area contributed by atoms with E-state index in [9.17, 15) is 9.59 Å². The van der Waals surface area contributed by atoms with Gasteiger partial charge in [0.15, 0.2) is 0 Å². The Bertz CT molecular complexity index is 479. The zero-order valence-corrected chi connectivity index (χ0v) is 11.3. The van der Waals surface area contributed by atoms with Gasteiger partial charge in [0.1, 0.15) is 5.41 Å². The first-order valence-electron chi connectivity index (χ1n) is 5.86. The van der Waals surface area contributed by atoms with E-state index >= 15 is 0 Å². The molecule has 1 fully saturated rings. The Labute approximate surface area is 109 Å². The molecule has 1 N–H and O–H groups in total. The van der Waals surface area contributed by atoms with Crippen LogP contribution in [-0.2, 0) is 16.0 Å². The van der Waals surface area contributed by atoms with Gasteiger partial charge in [0.05, 0.1) is 5.01 Å². The summed E-state index contributed by atoms with van der Waals surface area (Å²) in [5, 5.41) is 10.0. The van der Waals surface area contributed by atoms with E-state index in [0.29, 0.717) is 25.8 Å². The Balaban J connectivity index is 1.90. The molecule has 1 aromatic rings. The Morgan fingerprint density at radius 1 is 1.56 bits per heavy atom. The van der Waals surface area contributed by atoms with Crippen molar-refractivity contribution < 1.29 is 14.7 Å². The number of carboxylic acids is 1. The number of carboxylic acid groups (broad SMARTS) is 1. The standard InChI is InChI=1S/C12H16N2O3S/c1-8-7-13-9(18-8)3-6-14(2)10(15)12(4-5-12)11(16)17/h7H,3-6H2,1-2H3,(H,16,17). The van der Waals surface area contributed by atoms with Gasteiger partial charge in [0, 0.05) is 31.1 Å². The number of hydrogen-bond donors (Lipinski definition) is 1. The molecule has 0 aromatic carbocycles. The Hall–Kier alpha value is -1.43. The summed E-state index contributed by atoms with van der Waals surface area (Å²) >= 11 is 1.61. The van der Waals surface area contributed by atoms with E-state index in [4.69, 9.17) is 5.11 Å². The molecule has 0 atom stereocenters. The van der Waals surface area contributed by atoms with Gasteiger partial charge in [0.25, 0.3) is 0 Å². The van der Waals surface area contributed by atoms with Gasteiger partial charge in [-0.2, -0.15) is 0 Å². The van der Waals surface area contributed by atoms with Crippen molar-refractivity contribution in [3.63, 3.8) is 0 Å². The molecule has 1 amide bonds. The van der Waals surface area contributed by atoms with Crippen molar-refractivity contribution in [3.05, 3.63) is 16.1 Å². The van der Waals surface area contributed by atoms with E-state index in [1.807, 2.05) is 6.92 Å². The van der Waals surface area contributed by atoms with Crippen LogP contribution in [0.25, 0.3) is 0 Å². The molecule has 18 heavy (non-hydrogen) atoms. The number of aliphatic carboxylic acids is 1. The molecule has 1 aliphatic carbocycles. The van der Waals surface area contributed by atoms with E-state index in [1.54, 1.807) is 24.6 Å². The summed E-state index contributed by atoms with van der Waals surface area (Å²) in [6, 6.07) is 0. The summed E-state index contributed by atoms with van der Waals surface area (Å²) in [6.07, 6.45) is 3.40. The van der Waals surface area contributed by atoms with Gasteiger partial charge in [-0.3, -0.25) is 9.59 Å². The van der Waals surface area contributed by atoms with E-state index < -0.39 is 11.4 Å². The number of thiazole rings is 1. The van der Waals surface area contributed by atoms with Crippen LogP contribution in [0, 0.1) is 12.3 Å². The van der Waals surface area contributed by atoms with Crippen LogP contribution >= 0.6 is 11.3 Å². The van der Waals surface area contributed by atoms with Gasteiger partial charge >= 0.3 is 5.97 Å². The largest absolute Gasteiger partial charge is 0.480 e. The number of hydrogen-bond acceptors (Lipinski definition) is 4. The van der Waals surface area contributed by atoms with Gasteiger partial charge in [-0.05, 0) is 19.8 Å². The molecule has 0 radical (unpaired) electrons. The lowest BCUT2D eigenvalue weighted by Gasteiger charge is -2.20. The van der Waals surface area contributed by atoms with Crippen LogP contribution in [0.4, 0.5) is 0 Å². The van der Waals surface area contributed by atoms with Crippen LogP contribution in [0.15, 0.2) is 6.20 Å². The van der Waals surface area contributed by atoms with E-state index in [0.717, 1.165) is 9.88 Å². The molecule has 0 bridgehead atoms. The SMILES string of the molecule is Cc1cnc(CCN(C)C(=O)C2(C(=O)O)CC2)s1. The number of rotatable bonds is 5. The summed E-state index contributed by atoms with van der Waals surface area (Å²) in [5.74, 6) is -1.27. The van der Waals surface area contributed by atoms with Gasteiger partial charge in [0.2, 0.25) is 5.91 Å². The van der Waals surface area contributed by atoms with Crippen LogP contribution < -0.4 is 0 Å². The first-order valence-corrected chi connectivity index (χ1v) is 6.67. The minimum Gasteiger partial charge on any atom is -0.480 e. The van der Waals surface area contributed by atoms with Crippen molar-refractivity contribution in [3.8, 4) is 0 Å². The molecule has 1 aromatic heterocycles. The van der Waals surface area contributed by atoms with Crippen LogP contribution in [0.3, 0.4) is 0 Å². The quantitative estimate of drug-likeness (QED) is 0.818. The molecule has 0 unspecified atom stereocenters. The predicted molar refractivity (Wildman–Crippen MR) is 67.5 cm³/mol. The normalized spacial score (nSPS) is 16.3. The minimum absolute atomic E-state index is 0.275. The van der Waals surface area contributed by atoms with Gasteiger partial charge < -0.3 is 10.0 Å². The highest BCUT2D eigenvalue weighted by atomic mass is 32.1. The molecule has 98 valence electrons. The summed E-state index contributed by atoms with van der Waals surface area (Å²) in [7, 11) is 1.66. The van der Waals surface area contributed by atoms with Crippen molar-refractivity contribution in [2.24, 2.45) is 5.41 Å². The second kappa shape index (κ2) is 4.68. The number of carbonyl (C=O) groups is 2. The maximum absolute atomic E-state index is 12.0. The second-order valence-corrected chi connectivity index (χ2v) is 6.05. The van der Waals surface area contributed by atoms with Crippen molar-refractivity contribution in [1.29, 1.82) is 0 Å². The number of likely N-dealkylation sites (N-methyl/N-ethyl adjacent to an activating group) is 1. The number of carbonyl (C=O) groups excluding carboxylic acids is 1. The number of amides is 1. The Kier molecular flexibility index (Phi) is 3.38. The topological polar surface area (TPSA) is 70.5 Å². The van der Waals surface area contributed by atoms with Gasteiger partial charge in [-0.1, -0.05) is 0 Å². The summed E-state index contributed by atoms with van der Waals surface area (Å²) in [6.45, 7) is 2.50. The highest BCUT2D eigenvalue weighted by molar-refractivity contribution is 7.11. The lowest BCUT2D eigenvalue weighted by Crippen LogP contribution is -2.39. The highest BCUT2D eigenvalue weighted by Crippen LogP contribution is 2.47. The zero-order valence-electron chi connectivity index (χ0n) is 10.5. The second-order valence-electron chi connectivity index (χ2n) is 4.73. The third kappa shape index (κ3) is 2.38. The van der Waals surface area contributed by atoms with Crippen LogP contribution in [-0.4, -0.2) is 40.5 Å². The van der Waals surface area contributed by atoms with Crippen LogP contribution in [0.5, 0.6) is 0 Å². The summed E-state index contributed by atoms with van der Waals surface area (Å²) < 4.78 is 0. The smallest absolute Gasteiger partial charge is 0.319 e. The molecule has 5 nitrogen and oxygen atoms in total. The van der Waals surface area contributed by atoms with E-state index in [1.165, 1.54) is 4.90 Å². The first-order chi connectivity index (χ1) is 8.45. The highest BCUT2D eigenvalue weighted by Gasteiger charge is 2.58. The molecular weight excluding hydrogens is 252 g/mol. The minimum atomic E-state index is -1.13. The molecule has 0 saturated heterocycles. The Morgan fingerprint density at radius 2 is 2.22 bits per heavy atom. The molecule has 1 heterocycles. The lowest BCUT2D eigenvalue weighted by atomic mass is 10.1. The monoisotopic (exact) mass is 268 g/mol. The van der Waals surface area contributed by atoms with Crippen LogP contribution in [0.2, 0.25) is 0 Å². The molecular formula is C12H16N2O3S. The van der Waals surface area contributed by atoms with E-state index in [2.05, 4.69) is 4.98 Å². The molecule has 0 spiro atoms. The predicted octanol–water partition coefficient (Wildman–Crippen LogP) is 1.32. The van der Waals surface area contributed by atoms with E-state index in [-0.39, 0.29) is 5.91 Å². The fraction of sp³-hybridized carbons (Fsp3) is 0.583. The van der Waals surface area contributed by atoms with Gasteiger partial charge in [-0.25, -0.2) is 4.98 Å². The molecule has 2 rings (SSSR count). The molecule has 1 saturated carbocycles. The maximum atomic E-state index is 12.0.